The summed E-state index contributed by atoms with van der Waals surface area (Å²) in [6.45, 7) is 0.387. The number of carboxylic acids is 1. The summed E-state index contributed by atoms with van der Waals surface area (Å²) in [7, 11) is -4.29. The largest absolute Gasteiger partial charge is 0.478 e. The first-order valence-corrected chi connectivity index (χ1v) is 7.40. The van der Waals surface area contributed by atoms with Crippen LogP contribution in [0.2, 0.25) is 5.02 Å². The molecule has 2 N–H and O–H groups in total. The number of sulfonamides is 1. The smallest absolute Gasteiger partial charge is 0.390 e. The van der Waals surface area contributed by atoms with E-state index in [4.69, 9.17) is 16.7 Å². The van der Waals surface area contributed by atoms with Crippen molar-refractivity contribution in [3.05, 3.63) is 28.3 Å². The first-order chi connectivity index (χ1) is 9.44. The number of nitrogens with one attached hydrogen (secondary N) is 1. The van der Waals surface area contributed by atoms with Gasteiger partial charge in [-0.2, -0.15) is 13.2 Å². The summed E-state index contributed by atoms with van der Waals surface area (Å²) < 4.78 is 61.7. The molecular weight excluding hydrogens is 335 g/mol. The van der Waals surface area contributed by atoms with Crippen molar-refractivity contribution in [2.45, 2.75) is 24.4 Å². The number of rotatable bonds is 5. The van der Waals surface area contributed by atoms with Crippen molar-refractivity contribution in [3.8, 4) is 0 Å². The van der Waals surface area contributed by atoms with Gasteiger partial charge >= 0.3 is 12.1 Å². The zero-order valence-electron chi connectivity index (χ0n) is 10.7. The van der Waals surface area contributed by atoms with Crippen molar-refractivity contribution < 1.29 is 31.5 Å². The Kier molecular flexibility index (Phi) is 5.24. The second kappa shape index (κ2) is 6.20. The Morgan fingerprint density at radius 3 is 2.43 bits per heavy atom. The summed E-state index contributed by atoms with van der Waals surface area (Å²) >= 11 is 5.64. The number of aromatic carboxylic acids is 1. The minimum absolute atomic E-state index is 0.105. The Morgan fingerprint density at radius 1 is 1.38 bits per heavy atom. The van der Waals surface area contributed by atoms with Gasteiger partial charge < -0.3 is 5.11 Å². The molecule has 118 valence electrons. The Hall–Kier alpha value is -1.32. The Morgan fingerprint density at radius 2 is 1.95 bits per heavy atom. The number of alkyl halides is 3. The molecule has 0 aliphatic rings. The van der Waals surface area contributed by atoms with Gasteiger partial charge in [0.1, 0.15) is 0 Å². The lowest BCUT2D eigenvalue weighted by atomic mass is 10.1. The molecule has 5 nitrogen and oxygen atoms in total. The fourth-order valence-corrected chi connectivity index (χ4v) is 3.16. The van der Waals surface area contributed by atoms with Crippen LogP contribution in [0, 0.1) is 6.92 Å². The van der Waals surface area contributed by atoms with Crippen molar-refractivity contribution >= 4 is 27.6 Å². The number of hydrogen-bond donors (Lipinski definition) is 2. The third-order valence-electron chi connectivity index (χ3n) is 2.55. The summed E-state index contributed by atoms with van der Waals surface area (Å²) in [6, 6.07) is 2.05. The third-order valence-corrected chi connectivity index (χ3v) is 4.35. The molecule has 0 radical (unpaired) electrons. The molecule has 0 unspecified atom stereocenters. The lowest BCUT2D eigenvalue weighted by molar-refractivity contribution is -0.132. The topological polar surface area (TPSA) is 83.5 Å². The molecule has 0 fully saturated rings. The second-order valence-electron chi connectivity index (χ2n) is 4.14. The van der Waals surface area contributed by atoms with Gasteiger partial charge in [0.05, 0.1) is 16.9 Å². The number of carboxylic acid groups (broad SMARTS) is 1. The van der Waals surface area contributed by atoms with E-state index in [1.807, 2.05) is 0 Å². The first kappa shape index (κ1) is 17.7. The van der Waals surface area contributed by atoms with Crippen LogP contribution in [0.4, 0.5) is 13.2 Å². The van der Waals surface area contributed by atoms with Crippen LogP contribution in [-0.2, 0) is 10.0 Å². The average Bonchev–Trinajstić information content (AvgIpc) is 2.29. The summed E-state index contributed by atoms with van der Waals surface area (Å²) in [5.74, 6) is -1.39. The maximum atomic E-state index is 12.0. The fourth-order valence-electron chi connectivity index (χ4n) is 1.56. The zero-order chi connectivity index (χ0) is 16.4. The van der Waals surface area contributed by atoms with Crippen LogP contribution in [0.1, 0.15) is 22.3 Å². The molecule has 0 saturated carbocycles. The normalized spacial score (nSPS) is 12.4. The van der Waals surface area contributed by atoms with Crippen molar-refractivity contribution in [1.82, 2.24) is 4.72 Å². The quantitative estimate of drug-likeness (QED) is 0.859. The Labute approximate surface area is 123 Å². The highest BCUT2D eigenvalue weighted by atomic mass is 35.5. The zero-order valence-corrected chi connectivity index (χ0v) is 12.2. The molecule has 0 spiro atoms. The molecule has 0 aliphatic heterocycles. The van der Waals surface area contributed by atoms with Gasteiger partial charge in [0.2, 0.25) is 10.0 Å². The van der Waals surface area contributed by atoms with Gasteiger partial charge in [-0.25, -0.2) is 17.9 Å². The standard InChI is InChI=1S/C11H11ClF3NO4S/c1-6-8(10(17)18)4-7(12)5-9(6)21(19,20)16-3-2-11(13,14)15/h4-5,16H,2-3H2,1H3,(H,17,18). The van der Waals surface area contributed by atoms with Crippen LogP contribution < -0.4 is 4.72 Å². The van der Waals surface area contributed by atoms with E-state index in [0.29, 0.717) is 0 Å². The highest BCUT2D eigenvalue weighted by Gasteiger charge is 2.28. The van der Waals surface area contributed by atoms with Crippen LogP contribution in [0.5, 0.6) is 0 Å². The summed E-state index contributed by atoms with van der Waals surface area (Å²) in [6.07, 6.45) is -5.84. The van der Waals surface area contributed by atoms with Crippen molar-refractivity contribution in [1.29, 1.82) is 0 Å². The van der Waals surface area contributed by atoms with Crippen molar-refractivity contribution in [2.24, 2.45) is 0 Å². The van der Waals surface area contributed by atoms with E-state index >= 15 is 0 Å². The van der Waals surface area contributed by atoms with Crippen LogP contribution >= 0.6 is 11.6 Å². The SMILES string of the molecule is Cc1c(C(=O)O)cc(Cl)cc1S(=O)(=O)NCCC(F)(F)F. The monoisotopic (exact) mass is 345 g/mol. The predicted molar refractivity (Wildman–Crippen MR) is 69.0 cm³/mol. The molecule has 10 heteroatoms. The second-order valence-corrected chi connectivity index (χ2v) is 6.32. The van der Waals surface area contributed by atoms with Crippen LogP contribution in [-0.4, -0.2) is 32.2 Å². The van der Waals surface area contributed by atoms with Gasteiger partial charge in [-0.05, 0) is 24.6 Å². The maximum absolute atomic E-state index is 12.0. The first-order valence-electron chi connectivity index (χ1n) is 5.54. The van der Waals surface area contributed by atoms with Gasteiger partial charge in [0.25, 0.3) is 0 Å². The van der Waals surface area contributed by atoms with Crippen LogP contribution in [0.3, 0.4) is 0 Å². The summed E-state index contributed by atoms with van der Waals surface area (Å²) in [5.41, 5.74) is -0.440. The van der Waals surface area contributed by atoms with Gasteiger partial charge in [-0.15, -0.1) is 0 Å². The highest BCUT2D eigenvalue weighted by molar-refractivity contribution is 7.89. The molecule has 0 saturated heterocycles. The highest BCUT2D eigenvalue weighted by Crippen LogP contribution is 2.25. The van der Waals surface area contributed by atoms with E-state index in [1.165, 1.54) is 6.92 Å². The van der Waals surface area contributed by atoms with E-state index in [9.17, 15) is 26.4 Å². The molecule has 0 heterocycles. The number of carbonyl (C=O) groups is 1. The van der Waals surface area contributed by atoms with E-state index in [1.54, 1.807) is 4.72 Å². The fraction of sp³-hybridized carbons (Fsp3) is 0.364. The van der Waals surface area contributed by atoms with E-state index < -0.39 is 40.0 Å². The van der Waals surface area contributed by atoms with Gasteiger partial charge in [0.15, 0.2) is 0 Å². The molecule has 0 bridgehead atoms. The van der Waals surface area contributed by atoms with Gasteiger partial charge in [-0.3, -0.25) is 0 Å². The van der Waals surface area contributed by atoms with E-state index in [-0.39, 0.29) is 16.1 Å². The molecule has 1 aromatic carbocycles. The average molecular weight is 346 g/mol. The molecular formula is C11H11ClF3NO4S. The minimum atomic E-state index is -4.50. The van der Waals surface area contributed by atoms with E-state index in [2.05, 4.69) is 0 Å². The van der Waals surface area contributed by atoms with E-state index in [0.717, 1.165) is 12.1 Å². The molecule has 0 aromatic heterocycles. The minimum Gasteiger partial charge on any atom is -0.478 e. The maximum Gasteiger partial charge on any atom is 0.390 e. The lowest BCUT2D eigenvalue weighted by Crippen LogP contribution is -2.29. The Bertz CT molecular complexity index is 658. The van der Waals surface area contributed by atoms with Gasteiger partial charge in [-0.1, -0.05) is 11.6 Å². The molecule has 1 aromatic rings. The van der Waals surface area contributed by atoms with Crippen LogP contribution in [0.25, 0.3) is 0 Å². The number of halogens is 4. The summed E-state index contributed by atoms with van der Waals surface area (Å²) in [5, 5.41) is 8.80. The predicted octanol–water partition coefficient (Wildman–Crippen LogP) is 2.58. The van der Waals surface area contributed by atoms with Crippen molar-refractivity contribution in [3.63, 3.8) is 0 Å². The number of benzene rings is 1. The van der Waals surface area contributed by atoms with Crippen LogP contribution in [0.15, 0.2) is 17.0 Å². The van der Waals surface area contributed by atoms with Gasteiger partial charge in [0, 0.05) is 11.6 Å². The lowest BCUT2D eigenvalue weighted by Gasteiger charge is -2.12. The molecule has 0 atom stereocenters. The summed E-state index contributed by atoms with van der Waals surface area (Å²) in [4.78, 5) is 10.5. The number of hydrogen-bond acceptors (Lipinski definition) is 3. The molecule has 0 aliphatic carbocycles. The molecule has 0 amide bonds. The Balaban J connectivity index is 3.12. The van der Waals surface area contributed by atoms with Crippen molar-refractivity contribution in [2.75, 3.05) is 6.54 Å². The molecule has 21 heavy (non-hydrogen) atoms. The molecule has 1 rings (SSSR count). The third kappa shape index (κ3) is 4.87.